The molecule has 0 saturated heterocycles. The van der Waals surface area contributed by atoms with Crippen LogP contribution in [0.25, 0.3) is 0 Å². The zero-order valence-electron chi connectivity index (χ0n) is 15.6. The molecule has 5 nitrogen and oxygen atoms in total. The zero-order chi connectivity index (χ0) is 18.8. The highest BCUT2D eigenvalue weighted by molar-refractivity contribution is 5.94. The second-order valence-electron chi connectivity index (χ2n) is 6.07. The Labute approximate surface area is 149 Å². The monoisotopic (exact) mass is 345 g/mol. The maximum Gasteiger partial charge on any atom is 0.337 e. The third kappa shape index (κ3) is 7.70. The SMILES string of the molecule is COC(=O)c1ccc(NC(C)=O)c(OCC=C(C)CCC=C(C)C)c1. The average molecular weight is 345 g/mol. The summed E-state index contributed by atoms with van der Waals surface area (Å²) in [4.78, 5) is 23.0. The van der Waals surface area contributed by atoms with Crippen LogP contribution in [0.2, 0.25) is 0 Å². The molecule has 1 aromatic carbocycles. The summed E-state index contributed by atoms with van der Waals surface area (Å²) in [6.45, 7) is 8.00. The van der Waals surface area contributed by atoms with Crippen molar-refractivity contribution in [2.45, 2.75) is 40.5 Å². The van der Waals surface area contributed by atoms with Crippen molar-refractivity contribution >= 4 is 17.6 Å². The van der Waals surface area contributed by atoms with Gasteiger partial charge in [0.05, 0.1) is 18.4 Å². The molecule has 5 heteroatoms. The molecule has 1 N–H and O–H groups in total. The van der Waals surface area contributed by atoms with Gasteiger partial charge in [0.15, 0.2) is 0 Å². The van der Waals surface area contributed by atoms with Crippen molar-refractivity contribution in [2.24, 2.45) is 0 Å². The van der Waals surface area contributed by atoms with Gasteiger partial charge in [0.1, 0.15) is 12.4 Å². The minimum atomic E-state index is -0.451. The lowest BCUT2D eigenvalue weighted by Crippen LogP contribution is -2.09. The summed E-state index contributed by atoms with van der Waals surface area (Å²) < 4.78 is 10.5. The van der Waals surface area contributed by atoms with E-state index in [1.54, 1.807) is 18.2 Å². The third-order valence-electron chi connectivity index (χ3n) is 3.48. The van der Waals surface area contributed by atoms with Gasteiger partial charge in [-0.05, 0) is 57.9 Å². The van der Waals surface area contributed by atoms with E-state index in [0.29, 0.717) is 23.6 Å². The number of benzene rings is 1. The lowest BCUT2D eigenvalue weighted by Gasteiger charge is -2.12. The van der Waals surface area contributed by atoms with Gasteiger partial charge in [-0.25, -0.2) is 4.79 Å². The molecule has 136 valence electrons. The van der Waals surface area contributed by atoms with E-state index >= 15 is 0 Å². The van der Waals surface area contributed by atoms with Crippen molar-refractivity contribution in [3.63, 3.8) is 0 Å². The Balaban J connectivity index is 2.81. The van der Waals surface area contributed by atoms with Crippen LogP contribution in [-0.2, 0) is 9.53 Å². The quantitative estimate of drug-likeness (QED) is 0.556. The number of rotatable bonds is 8. The zero-order valence-corrected chi connectivity index (χ0v) is 15.6. The number of allylic oxidation sites excluding steroid dienone is 3. The molecule has 1 amide bonds. The molecule has 0 aliphatic heterocycles. The molecule has 1 aromatic rings. The molecule has 0 heterocycles. The molecule has 0 atom stereocenters. The van der Waals surface area contributed by atoms with Crippen molar-refractivity contribution in [3.05, 3.63) is 47.1 Å². The fraction of sp³-hybridized carbons (Fsp3) is 0.400. The smallest absolute Gasteiger partial charge is 0.337 e. The van der Waals surface area contributed by atoms with Crippen LogP contribution in [0.1, 0.15) is 50.9 Å². The van der Waals surface area contributed by atoms with E-state index in [1.807, 2.05) is 6.08 Å². The molecule has 1 rings (SSSR count). The van der Waals surface area contributed by atoms with Gasteiger partial charge in [0.25, 0.3) is 0 Å². The minimum absolute atomic E-state index is 0.205. The first-order valence-electron chi connectivity index (χ1n) is 8.25. The molecule has 0 saturated carbocycles. The van der Waals surface area contributed by atoms with Crippen LogP contribution >= 0.6 is 0 Å². The molecule has 0 aliphatic rings. The lowest BCUT2D eigenvalue weighted by molar-refractivity contribution is -0.114. The highest BCUT2D eigenvalue weighted by Gasteiger charge is 2.11. The van der Waals surface area contributed by atoms with Gasteiger partial charge in [-0.15, -0.1) is 0 Å². The molecule has 0 unspecified atom stereocenters. The molecular weight excluding hydrogens is 318 g/mol. The van der Waals surface area contributed by atoms with Crippen LogP contribution in [0.4, 0.5) is 5.69 Å². The maximum atomic E-state index is 11.7. The number of ether oxygens (including phenoxy) is 2. The fourth-order valence-electron chi connectivity index (χ4n) is 2.14. The van der Waals surface area contributed by atoms with Gasteiger partial charge in [-0.3, -0.25) is 4.79 Å². The van der Waals surface area contributed by atoms with E-state index in [1.165, 1.54) is 25.2 Å². The predicted octanol–water partition coefficient (Wildman–Crippen LogP) is 4.50. The van der Waals surface area contributed by atoms with Crippen LogP contribution in [0.3, 0.4) is 0 Å². The number of carbonyl (C=O) groups is 2. The van der Waals surface area contributed by atoms with Crippen LogP contribution in [0, 0.1) is 0 Å². The number of methoxy groups -OCH3 is 1. The van der Waals surface area contributed by atoms with Gasteiger partial charge in [-0.1, -0.05) is 17.2 Å². The second-order valence-corrected chi connectivity index (χ2v) is 6.07. The first-order valence-corrected chi connectivity index (χ1v) is 8.25. The van der Waals surface area contributed by atoms with E-state index in [4.69, 9.17) is 9.47 Å². The van der Waals surface area contributed by atoms with E-state index in [2.05, 4.69) is 32.2 Å². The molecule has 0 radical (unpaired) electrons. The number of hydrogen-bond acceptors (Lipinski definition) is 4. The Hall–Kier alpha value is -2.56. The first-order chi connectivity index (χ1) is 11.8. The second kappa shape index (κ2) is 10.3. The first kappa shape index (κ1) is 20.5. The fourth-order valence-corrected chi connectivity index (χ4v) is 2.14. The summed E-state index contributed by atoms with van der Waals surface area (Å²) in [5.74, 6) is -0.219. The summed E-state index contributed by atoms with van der Waals surface area (Å²) in [7, 11) is 1.32. The van der Waals surface area contributed by atoms with Gasteiger partial charge in [0, 0.05) is 6.92 Å². The van der Waals surface area contributed by atoms with Gasteiger partial charge in [0.2, 0.25) is 5.91 Å². The highest BCUT2D eigenvalue weighted by atomic mass is 16.5. The summed E-state index contributed by atoms with van der Waals surface area (Å²) in [5.41, 5.74) is 3.43. The largest absolute Gasteiger partial charge is 0.487 e. The Morgan fingerprint density at radius 3 is 2.44 bits per heavy atom. The summed E-state index contributed by atoms with van der Waals surface area (Å²) in [6, 6.07) is 4.79. The minimum Gasteiger partial charge on any atom is -0.487 e. The normalized spacial score (nSPS) is 10.8. The number of esters is 1. The molecular formula is C20H27NO4. The van der Waals surface area contributed by atoms with Crippen molar-refractivity contribution < 1.29 is 19.1 Å². The maximum absolute atomic E-state index is 11.7. The van der Waals surface area contributed by atoms with Crippen LogP contribution in [0.5, 0.6) is 5.75 Å². The summed E-state index contributed by atoms with van der Waals surface area (Å²) in [6.07, 6.45) is 6.17. The van der Waals surface area contributed by atoms with Crippen LogP contribution in [-0.4, -0.2) is 25.6 Å². The number of amides is 1. The number of nitrogens with one attached hydrogen (secondary N) is 1. The molecule has 0 fully saturated rings. The van der Waals surface area contributed by atoms with Crippen LogP contribution in [0.15, 0.2) is 41.5 Å². The Morgan fingerprint density at radius 1 is 1.12 bits per heavy atom. The van der Waals surface area contributed by atoms with E-state index in [0.717, 1.165) is 12.8 Å². The summed E-state index contributed by atoms with van der Waals surface area (Å²) in [5, 5.41) is 2.70. The Bertz CT molecular complexity index is 670. The molecule has 0 aromatic heterocycles. The van der Waals surface area contributed by atoms with E-state index in [-0.39, 0.29) is 5.91 Å². The van der Waals surface area contributed by atoms with Gasteiger partial charge in [-0.2, -0.15) is 0 Å². The highest BCUT2D eigenvalue weighted by Crippen LogP contribution is 2.26. The number of hydrogen-bond donors (Lipinski definition) is 1. The number of anilines is 1. The van der Waals surface area contributed by atoms with Crippen molar-refractivity contribution in [2.75, 3.05) is 19.0 Å². The molecule has 0 spiro atoms. The van der Waals surface area contributed by atoms with Crippen LogP contribution < -0.4 is 10.1 Å². The van der Waals surface area contributed by atoms with E-state index in [9.17, 15) is 9.59 Å². The molecule has 0 aliphatic carbocycles. The Kier molecular flexibility index (Phi) is 8.47. The topological polar surface area (TPSA) is 64.6 Å². The molecule has 0 bridgehead atoms. The number of carbonyl (C=O) groups excluding carboxylic acids is 2. The van der Waals surface area contributed by atoms with Crippen molar-refractivity contribution in [1.82, 2.24) is 0 Å². The average Bonchev–Trinajstić information content (AvgIpc) is 2.54. The molecule has 25 heavy (non-hydrogen) atoms. The van der Waals surface area contributed by atoms with Crippen molar-refractivity contribution in [3.8, 4) is 5.75 Å². The van der Waals surface area contributed by atoms with Gasteiger partial charge < -0.3 is 14.8 Å². The third-order valence-corrected chi connectivity index (χ3v) is 3.48. The standard InChI is InChI=1S/C20H27NO4/c1-14(2)7-6-8-15(3)11-12-25-19-13-17(20(23)24-5)9-10-18(19)21-16(4)22/h7,9-11,13H,6,8,12H2,1-5H3,(H,21,22). The van der Waals surface area contributed by atoms with E-state index < -0.39 is 5.97 Å². The predicted molar refractivity (Wildman–Crippen MR) is 100 cm³/mol. The van der Waals surface area contributed by atoms with Crippen molar-refractivity contribution in [1.29, 1.82) is 0 Å². The van der Waals surface area contributed by atoms with Gasteiger partial charge >= 0.3 is 5.97 Å². The lowest BCUT2D eigenvalue weighted by atomic mass is 10.1. The Morgan fingerprint density at radius 2 is 1.84 bits per heavy atom. The summed E-state index contributed by atoms with van der Waals surface area (Å²) >= 11 is 0.